The Labute approximate surface area is 96.8 Å². The first-order valence-corrected chi connectivity index (χ1v) is 5.03. The lowest BCUT2D eigenvalue weighted by atomic mass is 10.2. The van der Waals surface area contributed by atoms with Crippen molar-refractivity contribution in [2.45, 2.75) is 19.7 Å². The number of aliphatic hydroxyl groups is 1. The Morgan fingerprint density at radius 3 is 2.47 bits per heavy atom. The lowest BCUT2D eigenvalue weighted by molar-refractivity contribution is -0.153. The fourth-order valence-electron chi connectivity index (χ4n) is 1.27. The monoisotopic (exact) mass is 250 g/mol. The summed E-state index contributed by atoms with van der Waals surface area (Å²) in [7, 11) is 0. The summed E-state index contributed by atoms with van der Waals surface area (Å²) in [6.45, 7) is 0.265. The highest BCUT2D eigenvalue weighted by atomic mass is 19.4. The summed E-state index contributed by atoms with van der Waals surface area (Å²) in [6, 6.07) is 4.43. The average molecular weight is 250 g/mol. The fraction of sp³-hybridized carbons (Fsp3) is 0.455. The quantitative estimate of drug-likeness (QED) is 0.872. The molecule has 0 radical (unpaired) electrons. The first kappa shape index (κ1) is 13.6. The van der Waals surface area contributed by atoms with Gasteiger partial charge in [-0.05, 0) is 13.0 Å². The van der Waals surface area contributed by atoms with Gasteiger partial charge in [0.15, 0.2) is 18.1 Å². The minimum absolute atomic E-state index is 0.0178. The Bertz CT molecular complexity index is 363. The predicted octanol–water partition coefficient (Wildman–Crippen LogP) is 2.52. The lowest BCUT2D eigenvalue weighted by Gasteiger charge is -2.15. The summed E-state index contributed by atoms with van der Waals surface area (Å²) in [5, 5.41) is 9.04. The largest absolute Gasteiger partial charge is 0.490 e. The van der Waals surface area contributed by atoms with Crippen LogP contribution in [-0.4, -0.2) is 24.5 Å². The fourth-order valence-corrected chi connectivity index (χ4v) is 1.27. The van der Waals surface area contributed by atoms with Crippen molar-refractivity contribution in [2.75, 3.05) is 13.2 Å². The summed E-state index contributed by atoms with van der Waals surface area (Å²) in [5.41, 5.74) is 0.395. The van der Waals surface area contributed by atoms with Gasteiger partial charge in [-0.3, -0.25) is 0 Å². The topological polar surface area (TPSA) is 38.7 Å². The Morgan fingerprint density at radius 2 is 1.94 bits per heavy atom. The van der Waals surface area contributed by atoms with Crippen LogP contribution < -0.4 is 9.47 Å². The zero-order valence-corrected chi connectivity index (χ0v) is 9.25. The van der Waals surface area contributed by atoms with Gasteiger partial charge in [0.1, 0.15) is 0 Å². The molecule has 0 saturated carbocycles. The predicted molar refractivity (Wildman–Crippen MR) is 55.1 cm³/mol. The third-order valence-electron chi connectivity index (χ3n) is 1.91. The summed E-state index contributed by atoms with van der Waals surface area (Å²) < 4.78 is 45.9. The molecule has 0 saturated heterocycles. The second-order valence-corrected chi connectivity index (χ2v) is 3.24. The molecule has 0 atom stereocenters. The molecule has 1 rings (SSSR count). The first-order valence-electron chi connectivity index (χ1n) is 5.03. The number of ether oxygens (including phenoxy) is 2. The van der Waals surface area contributed by atoms with Gasteiger partial charge in [0.25, 0.3) is 0 Å². The normalized spacial score (nSPS) is 11.4. The molecule has 0 aliphatic carbocycles. The van der Waals surface area contributed by atoms with Crippen molar-refractivity contribution in [3.63, 3.8) is 0 Å². The van der Waals surface area contributed by atoms with E-state index in [1.165, 1.54) is 12.1 Å². The number of aliphatic hydroxyl groups excluding tert-OH is 1. The van der Waals surface area contributed by atoms with Crippen LogP contribution in [0, 0.1) is 0 Å². The molecule has 17 heavy (non-hydrogen) atoms. The SMILES string of the molecule is CCOc1c(CO)cccc1OCC(F)(F)F. The van der Waals surface area contributed by atoms with E-state index in [1.54, 1.807) is 13.0 Å². The molecule has 6 heteroatoms. The summed E-state index contributed by atoms with van der Waals surface area (Å²) >= 11 is 0. The number of hydrogen-bond acceptors (Lipinski definition) is 3. The molecule has 0 unspecified atom stereocenters. The minimum atomic E-state index is -4.40. The van der Waals surface area contributed by atoms with E-state index >= 15 is 0 Å². The summed E-state index contributed by atoms with van der Waals surface area (Å²) in [6.07, 6.45) is -4.40. The number of halogens is 3. The van der Waals surface area contributed by atoms with Crippen molar-refractivity contribution < 1.29 is 27.8 Å². The molecule has 0 aliphatic rings. The molecule has 96 valence electrons. The third kappa shape index (κ3) is 4.14. The zero-order valence-electron chi connectivity index (χ0n) is 9.25. The van der Waals surface area contributed by atoms with Crippen LogP contribution in [-0.2, 0) is 6.61 Å². The highest BCUT2D eigenvalue weighted by Crippen LogP contribution is 2.32. The van der Waals surface area contributed by atoms with E-state index in [0.717, 1.165) is 0 Å². The van der Waals surface area contributed by atoms with Crippen molar-refractivity contribution in [3.05, 3.63) is 23.8 Å². The van der Waals surface area contributed by atoms with E-state index in [9.17, 15) is 13.2 Å². The van der Waals surface area contributed by atoms with Crippen molar-refractivity contribution in [2.24, 2.45) is 0 Å². The molecule has 1 aromatic carbocycles. The summed E-state index contributed by atoms with van der Waals surface area (Å²) in [5.74, 6) is 0.137. The van der Waals surface area contributed by atoms with E-state index < -0.39 is 12.8 Å². The van der Waals surface area contributed by atoms with Crippen molar-refractivity contribution in [1.82, 2.24) is 0 Å². The highest BCUT2D eigenvalue weighted by molar-refractivity contribution is 5.46. The molecule has 1 aromatic rings. The van der Waals surface area contributed by atoms with E-state index in [-0.39, 0.29) is 24.7 Å². The van der Waals surface area contributed by atoms with E-state index in [2.05, 4.69) is 4.74 Å². The van der Waals surface area contributed by atoms with Gasteiger partial charge in [-0.15, -0.1) is 0 Å². The molecular weight excluding hydrogens is 237 g/mol. The number of alkyl halides is 3. The van der Waals surface area contributed by atoms with Gasteiger partial charge in [-0.25, -0.2) is 0 Å². The molecule has 0 amide bonds. The Morgan fingerprint density at radius 1 is 1.24 bits per heavy atom. The zero-order chi connectivity index (χ0) is 12.9. The van der Waals surface area contributed by atoms with Crippen LogP contribution in [0.3, 0.4) is 0 Å². The lowest BCUT2D eigenvalue weighted by Crippen LogP contribution is -2.19. The van der Waals surface area contributed by atoms with E-state index in [4.69, 9.17) is 9.84 Å². The molecule has 3 nitrogen and oxygen atoms in total. The molecule has 0 aliphatic heterocycles. The maximum Gasteiger partial charge on any atom is 0.422 e. The number of rotatable bonds is 5. The highest BCUT2D eigenvalue weighted by Gasteiger charge is 2.29. The molecule has 0 bridgehead atoms. The van der Waals surface area contributed by atoms with Crippen LogP contribution in [0.2, 0.25) is 0 Å². The number of hydrogen-bond donors (Lipinski definition) is 1. The standard InChI is InChI=1S/C11H13F3O3/c1-2-16-10-8(6-15)4-3-5-9(10)17-7-11(12,13)14/h3-5,15H,2,6-7H2,1H3. The van der Waals surface area contributed by atoms with Gasteiger partial charge in [-0.1, -0.05) is 12.1 Å². The second-order valence-electron chi connectivity index (χ2n) is 3.24. The molecule has 1 N–H and O–H groups in total. The van der Waals surface area contributed by atoms with E-state index in [0.29, 0.717) is 5.56 Å². The molecule has 0 aromatic heterocycles. The third-order valence-corrected chi connectivity index (χ3v) is 1.91. The minimum Gasteiger partial charge on any atom is -0.490 e. The van der Waals surface area contributed by atoms with Gasteiger partial charge >= 0.3 is 6.18 Å². The van der Waals surface area contributed by atoms with E-state index in [1.807, 2.05) is 0 Å². The van der Waals surface area contributed by atoms with Gasteiger partial charge in [0, 0.05) is 5.56 Å². The van der Waals surface area contributed by atoms with Crippen molar-refractivity contribution in [1.29, 1.82) is 0 Å². The Hall–Kier alpha value is -1.43. The van der Waals surface area contributed by atoms with Crippen LogP contribution in [0.25, 0.3) is 0 Å². The average Bonchev–Trinajstić information content (AvgIpc) is 2.27. The van der Waals surface area contributed by atoms with Crippen LogP contribution in [0.1, 0.15) is 12.5 Å². The van der Waals surface area contributed by atoms with Gasteiger partial charge < -0.3 is 14.6 Å². The number of benzene rings is 1. The van der Waals surface area contributed by atoms with Crippen molar-refractivity contribution >= 4 is 0 Å². The maximum atomic E-state index is 12.0. The molecule has 0 fully saturated rings. The molecular formula is C11H13F3O3. The van der Waals surface area contributed by atoms with Crippen LogP contribution >= 0.6 is 0 Å². The summed E-state index contributed by atoms with van der Waals surface area (Å²) in [4.78, 5) is 0. The van der Waals surface area contributed by atoms with Gasteiger partial charge in [0.05, 0.1) is 13.2 Å². The second kappa shape index (κ2) is 5.77. The van der Waals surface area contributed by atoms with Gasteiger partial charge in [0.2, 0.25) is 0 Å². The van der Waals surface area contributed by atoms with Crippen molar-refractivity contribution in [3.8, 4) is 11.5 Å². The van der Waals surface area contributed by atoms with Gasteiger partial charge in [-0.2, -0.15) is 13.2 Å². The Balaban J connectivity index is 2.89. The maximum absolute atomic E-state index is 12.0. The van der Waals surface area contributed by atoms with Crippen LogP contribution in [0.5, 0.6) is 11.5 Å². The molecule has 0 heterocycles. The first-order chi connectivity index (χ1) is 7.98. The Kier molecular flexibility index (Phi) is 4.62. The number of para-hydroxylation sites is 1. The van der Waals surface area contributed by atoms with Crippen LogP contribution in [0.15, 0.2) is 18.2 Å². The van der Waals surface area contributed by atoms with Crippen LogP contribution in [0.4, 0.5) is 13.2 Å². The smallest absolute Gasteiger partial charge is 0.422 e. The molecule has 0 spiro atoms.